The first-order valence-electron chi connectivity index (χ1n) is 9.78. The summed E-state index contributed by atoms with van der Waals surface area (Å²) in [5.74, 6) is -0.714. The predicted molar refractivity (Wildman–Crippen MR) is 112 cm³/mol. The molecule has 9 nitrogen and oxygen atoms in total. The van der Waals surface area contributed by atoms with Crippen LogP contribution in [0.1, 0.15) is 27.1 Å². The van der Waals surface area contributed by atoms with Crippen molar-refractivity contribution in [2.75, 3.05) is 44.7 Å². The van der Waals surface area contributed by atoms with Crippen LogP contribution >= 0.6 is 0 Å². The lowest BCUT2D eigenvalue weighted by molar-refractivity contribution is -0.384. The van der Waals surface area contributed by atoms with Crippen molar-refractivity contribution in [1.82, 2.24) is 10.2 Å². The summed E-state index contributed by atoms with van der Waals surface area (Å²) in [7, 11) is 0. The summed E-state index contributed by atoms with van der Waals surface area (Å²) in [4.78, 5) is 37.6. The quantitative estimate of drug-likeness (QED) is 0.391. The minimum Gasteiger partial charge on any atom is -0.379 e. The number of carbonyl (C=O) groups excluding carboxylic acids is 2. The highest BCUT2D eigenvalue weighted by molar-refractivity contribution is 6.09. The number of amides is 2. The minimum atomic E-state index is -0.527. The molecule has 1 heterocycles. The molecular weight excluding hydrogens is 388 g/mol. The Bertz CT molecular complexity index is 895. The zero-order valence-electron chi connectivity index (χ0n) is 16.5. The van der Waals surface area contributed by atoms with Gasteiger partial charge in [-0.25, -0.2) is 0 Å². The number of non-ortho nitro benzene ring substituents is 1. The summed E-state index contributed by atoms with van der Waals surface area (Å²) in [6.45, 7) is 4.72. The average Bonchev–Trinajstić information content (AvgIpc) is 2.77. The lowest BCUT2D eigenvalue weighted by Crippen LogP contribution is -2.38. The van der Waals surface area contributed by atoms with Crippen LogP contribution in [0.2, 0.25) is 0 Å². The number of morpholine rings is 1. The predicted octanol–water partition coefficient (Wildman–Crippen LogP) is 2.30. The second kappa shape index (κ2) is 10.5. The van der Waals surface area contributed by atoms with Gasteiger partial charge in [0.05, 0.1) is 29.4 Å². The molecule has 1 saturated heterocycles. The standard InChI is InChI=1S/C21H24N4O5/c26-20(16-6-8-17(9-7-16)25(28)29)23-19-5-2-1-4-18(19)21(27)22-10-3-11-24-12-14-30-15-13-24/h1-2,4-9H,3,10-15H2,(H,22,27)(H,23,26). The highest BCUT2D eigenvalue weighted by atomic mass is 16.6. The van der Waals surface area contributed by atoms with Crippen LogP contribution in [0, 0.1) is 10.1 Å². The van der Waals surface area contributed by atoms with E-state index < -0.39 is 10.8 Å². The van der Waals surface area contributed by atoms with Gasteiger partial charge in [-0.1, -0.05) is 12.1 Å². The Kier molecular flexibility index (Phi) is 7.47. The molecule has 9 heteroatoms. The minimum absolute atomic E-state index is 0.0941. The van der Waals surface area contributed by atoms with Crippen molar-refractivity contribution in [3.8, 4) is 0 Å². The molecule has 1 fully saturated rings. The van der Waals surface area contributed by atoms with E-state index in [1.807, 2.05) is 0 Å². The Hall–Kier alpha value is -3.30. The lowest BCUT2D eigenvalue weighted by Gasteiger charge is -2.26. The molecule has 3 rings (SSSR count). The molecule has 2 N–H and O–H groups in total. The van der Waals surface area contributed by atoms with Crippen molar-refractivity contribution < 1.29 is 19.2 Å². The van der Waals surface area contributed by atoms with Crippen molar-refractivity contribution >= 4 is 23.2 Å². The van der Waals surface area contributed by atoms with Gasteiger partial charge in [0.1, 0.15) is 0 Å². The summed E-state index contributed by atoms with van der Waals surface area (Å²) >= 11 is 0. The molecule has 0 unspecified atom stereocenters. The van der Waals surface area contributed by atoms with Gasteiger partial charge >= 0.3 is 0 Å². The number of nitro groups is 1. The number of hydrogen-bond donors (Lipinski definition) is 2. The first kappa shape index (κ1) is 21.4. The van der Waals surface area contributed by atoms with Crippen LogP contribution in [0.15, 0.2) is 48.5 Å². The van der Waals surface area contributed by atoms with E-state index >= 15 is 0 Å². The van der Waals surface area contributed by atoms with E-state index in [0.29, 0.717) is 17.8 Å². The van der Waals surface area contributed by atoms with Crippen LogP contribution in [0.3, 0.4) is 0 Å². The third-order valence-corrected chi connectivity index (χ3v) is 4.80. The Balaban J connectivity index is 1.55. The molecule has 0 saturated carbocycles. The van der Waals surface area contributed by atoms with E-state index in [4.69, 9.17) is 4.74 Å². The number of nitrogens with zero attached hydrogens (tertiary/aromatic N) is 2. The normalized spacial score (nSPS) is 14.1. The highest BCUT2D eigenvalue weighted by Crippen LogP contribution is 2.18. The number of nitrogens with one attached hydrogen (secondary N) is 2. The van der Waals surface area contributed by atoms with E-state index in [2.05, 4.69) is 15.5 Å². The number of para-hydroxylation sites is 1. The maximum absolute atomic E-state index is 12.6. The van der Waals surface area contributed by atoms with Gasteiger partial charge < -0.3 is 15.4 Å². The van der Waals surface area contributed by atoms with E-state index in [9.17, 15) is 19.7 Å². The average molecular weight is 412 g/mol. The summed E-state index contributed by atoms with van der Waals surface area (Å²) < 4.78 is 5.32. The Morgan fingerprint density at radius 3 is 2.43 bits per heavy atom. The molecule has 0 radical (unpaired) electrons. The van der Waals surface area contributed by atoms with Crippen LogP contribution in [-0.2, 0) is 4.74 Å². The molecule has 1 aliphatic rings. The molecule has 0 atom stereocenters. The molecule has 2 aromatic carbocycles. The topological polar surface area (TPSA) is 114 Å². The maximum atomic E-state index is 12.6. The van der Waals surface area contributed by atoms with E-state index in [0.717, 1.165) is 39.3 Å². The summed E-state index contributed by atoms with van der Waals surface area (Å²) in [6.07, 6.45) is 0.822. The van der Waals surface area contributed by atoms with E-state index in [1.54, 1.807) is 24.3 Å². The van der Waals surface area contributed by atoms with Crippen molar-refractivity contribution in [1.29, 1.82) is 0 Å². The Morgan fingerprint density at radius 2 is 1.73 bits per heavy atom. The van der Waals surface area contributed by atoms with Crippen molar-refractivity contribution in [3.05, 3.63) is 69.8 Å². The number of hydrogen-bond acceptors (Lipinski definition) is 6. The number of nitro benzene ring substituents is 1. The van der Waals surface area contributed by atoms with E-state index in [-0.39, 0.29) is 17.2 Å². The molecule has 0 bridgehead atoms. The van der Waals surface area contributed by atoms with Gasteiger partial charge in [-0.2, -0.15) is 0 Å². The fraction of sp³-hybridized carbons (Fsp3) is 0.333. The fourth-order valence-electron chi connectivity index (χ4n) is 3.14. The molecule has 0 aliphatic carbocycles. The van der Waals surface area contributed by atoms with Gasteiger partial charge in [0.25, 0.3) is 17.5 Å². The SMILES string of the molecule is O=C(Nc1ccccc1C(=O)NCCCN1CCOCC1)c1ccc([N+](=O)[O-])cc1. The van der Waals surface area contributed by atoms with Gasteiger partial charge in [0, 0.05) is 37.3 Å². The molecule has 0 spiro atoms. The zero-order chi connectivity index (χ0) is 21.3. The lowest BCUT2D eigenvalue weighted by atomic mass is 10.1. The van der Waals surface area contributed by atoms with Crippen LogP contribution in [0.5, 0.6) is 0 Å². The first-order chi connectivity index (χ1) is 14.5. The number of rotatable bonds is 8. The van der Waals surface area contributed by atoms with Gasteiger partial charge in [0.2, 0.25) is 0 Å². The summed E-state index contributed by atoms with van der Waals surface area (Å²) in [5.41, 5.74) is 0.912. The van der Waals surface area contributed by atoms with Crippen LogP contribution in [-0.4, -0.2) is 61.0 Å². The van der Waals surface area contributed by atoms with E-state index in [1.165, 1.54) is 24.3 Å². The van der Waals surface area contributed by atoms with Crippen LogP contribution in [0.4, 0.5) is 11.4 Å². The molecule has 2 aromatic rings. The second-order valence-electron chi connectivity index (χ2n) is 6.87. The molecular formula is C21H24N4O5. The monoisotopic (exact) mass is 412 g/mol. The third-order valence-electron chi connectivity index (χ3n) is 4.80. The highest BCUT2D eigenvalue weighted by Gasteiger charge is 2.15. The molecule has 1 aliphatic heterocycles. The van der Waals surface area contributed by atoms with Gasteiger partial charge in [-0.15, -0.1) is 0 Å². The van der Waals surface area contributed by atoms with Crippen LogP contribution < -0.4 is 10.6 Å². The van der Waals surface area contributed by atoms with Gasteiger partial charge in [0.15, 0.2) is 0 Å². The van der Waals surface area contributed by atoms with Gasteiger partial charge in [-0.3, -0.25) is 24.6 Å². The number of ether oxygens (including phenoxy) is 1. The summed E-state index contributed by atoms with van der Waals surface area (Å²) in [5, 5.41) is 16.3. The Labute approximate surface area is 174 Å². The second-order valence-corrected chi connectivity index (χ2v) is 6.87. The first-order valence-corrected chi connectivity index (χ1v) is 9.78. The molecule has 30 heavy (non-hydrogen) atoms. The third kappa shape index (κ3) is 5.85. The Morgan fingerprint density at radius 1 is 1.03 bits per heavy atom. The van der Waals surface area contributed by atoms with Crippen LogP contribution in [0.25, 0.3) is 0 Å². The number of carbonyl (C=O) groups is 2. The smallest absolute Gasteiger partial charge is 0.269 e. The zero-order valence-corrected chi connectivity index (χ0v) is 16.5. The summed E-state index contributed by atoms with van der Waals surface area (Å²) in [6, 6.07) is 12.0. The van der Waals surface area contributed by atoms with Crippen molar-refractivity contribution in [2.24, 2.45) is 0 Å². The van der Waals surface area contributed by atoms with Crippen molar-refractivity contribution in [2.45, 2.75) is 6.42 Å². The largest absolute Gasteiger partial charge is 0.379 e. The maximum Gasteiger partial charge on any atom is 0.269 e. The fourth-order valence-corrected chi connectivity index (χ4v) is 3.14. The van der Waals surface area contributed by atoms with Gasteiger partial charge in [-0.05, 0) is 37.2 Å². The molecule has 158 valence electrons. The molecule has 2 amide bonds. The van der Waals surface area contributed by atoms with Crippen molar-refractivity contribution in [3.63, 3.8) is 0 Å². The number of benzene rings is 2. The number of anilines is 1. The molecule has 0 aromatic heterocycles.